The molecule has 21 heteroatoms. The van der Waals surface area contributed by atoms with Crippen molar-refractivity contribution >= 4 is 52.6 Å². The largest absolute Gasteiger partial charge is 1.00 e. The molecule has 0 radical (unpaired) electrons. The first-order chi connectivity index (χ1) is 36.3. The Labute approximate surface area is 490 Å². The van der Waals surface area contributed by atoms with Crippen LogP contribution in [0.5, 0.6) is 46.3 Å². The first kappa shape index (κ1) is 56.5. The van der Waals surface area contributed by atoms with E-state index in [1.807, 2.05) is 42.5 Å². The Kier molecular flexibility index (Phi) is 18.1. The van der Waals surface area contributed by atoms with Crippen molar-refractivity contribution < 1.29 is 113 Å². The number of hydrogen-bond acceptors (Lipinski definition) is 16. The van der Waals surface area contributed by atoms with Crippen LogP contribution in [0.3, 0.4) is 0 Å². The molecule has 1 unspecified atom stereocenters. The second-order valence-electron chi connectivity index (χ2n) is 16.4. The number of benzene rings is 7. The summed E-state index contributed by atoms with van der Waals surface area (Å²) in [7, 11) is -7.36. The SMILES string of the molecule is COc1cc2cc(Oc3ccc(S(=O)c4ccc(OCc5ccnc(-c6cc(COc7ccc(S(=O)(=O)c8ccc(Oc9nc%10ccccc%10nc9OC)cc8)cc7)ccn6)c5)cc4)cc3)[c-]cc2cc1S(=O)(=O)[O-].[Na+].[Na+]. The number of ether oxygens (including phenoxy) is 6. The summed E-state index contributed by atoms with van der Waals surface area (Å²) in [5.74, 6) is 2.49. The van der Waals surface area contributed by atoms with Gasteiger partial charge in [-0.25, -0.2) is 31.0 Å². The van der Waals surface area contributed by atoms with Crippen molar-refractivity contribution in [1.29, 1.82) is 0 Å². The number of hydrogen-bond donors (Lipinski definition) is 0. The van der Waals surface area contributed by atoms with E-state index in [1.165, 1.54) is 56.7 Å². The summed E-state index contributed by atoms with van der Waals surface area (Å²) in [6.07, 6.45) is 3.35. The topological polar surface area (TPSA) is 215 Å². The number of pyridine rings is 2. The fourth-order valence-corrected chi connectivity index (χ4v) is 10.7. The van der Waals surface area contributed by atoms with Gasteiger partial charge in [-0.2, -0.15) is 6.07 Å². The van der Waals surface area contributed by atoms with E-state index in [4.69, 9.17) is 28.4 Å². The summed E-state index contributed by atoms with van der Waals surface area (Å²) in [6, 6.07) is 49.5. The summed E-state index contributed by atoms with van der Waals surface area (Å²) in [5.41, 5.74) is 4.19. The Hall–Kier alpha value is -6.75. The minimum atomic E-state index is -4.74. The maximum Gasteiger partial charge on any atom is 1.00 e. The Morgan fingerprint density at radius 3 is 1.56 bits per heavy atom. The molecule has 0 aliphatic heterocycles. The fraction of sp³-hybridized carbons (Fsp3) is 0.0714. The van der Waals surface area contributed by atoms with Gasteiger partial charge in [-0.3, -0.25) is 9.97 Å². The minimum Gasteiger partial charge on any atom is -0.744 e. The van der Waals surface area contributed by atoms with Gasteiger partial charge in [-0.05, 0) is 151 Å². The Morgan fingerprint density at radius 1 is 0.545 bits per heavy atom. The van der Waals surface area contributed by atoms with Gasteiger partial charge in [0, 0.05) is 27.9 Å². The molecular formula is C56H40N4Na2O12S3. The van der Waals surface area contributed by atoms with Crippen molar-refractivity contribution in [3.8, 4) is 57.6 Å². The normalized spacial score (nSPS) is 11.7. The van der Waals surface area contributed by atoms with Crippen LogP contribution in [0, 0.1) is 6.07 Å². The zero-order valence-corrected chi connectivity index (χ0v) is 48.1. The molecular weight excluding hydrogens is 1060 g/mol. The monoisotopic (exact) mass is 1100 g/mol. The van der Waals surface area contributed by atoms with Crippen molar-refractivity contribution in [3.05, 3.63) is 199 Å². The number of rotatable bonds is 18. The third-order valence-corrected chi connectivity index (χ3v) is 15.5. The molecule has 0 fully saturated rings. The molecule has 0 saturated carbocycles. The molecule has 0 spiro atoms. The molecule has 7 aromatic carbocycles. The molecule has 10 rings (SSSR count). The smallest absolute Gasteiger partial charge is 0.744 e. The van der Waals surface area contributed by atoms with Crippen molar-refractivity contribution in [2.45, 2.75) is 37.7 Å². The zero-order chi connectivity index (χ0) is 52.1. The Balaban J connectivity index is 0.00000392. The average molecular weight is 1100 g/mol. The summed E-state index contributed by atoms with van der Waals surface area (Å²) in [4.78, 5) is 18.8. The third kappa shape index (κ3) is 13.3. The summed E-state index contributed by atoms with van der Waals surface area (Å²) < 4.78 is 110. The molecule has 0 aliphatic rings. The van der Waals surface area contributed by atoms with Gasteiger partial charge in [0.2, 0.25) is 9.84 Å². The third-order valence-electron chi connectivity index (χ3n) is 11.5. The van der Waals surface area contributed by atoms with E-state index >= 15 is 0 Å². The van der Waals surface area contributed by atoms with E-state index < -0.39 is 35.7 Å². The van der Waals surface area contributed by atoms with Gasteiger partial charge in [0.15, 0.2) is 0 Å². The molecule has 0 amide bonds. The Morgan fingerprint density at radius 2 is 1.04 bits per heavy atom. The van der Waals surface area contributed by atoms with Crippen LogP contribution in [-0.4, -0.2) is 59.8 Å². The second kappa shape index (κ2) is 24.7. The predicted octanol–water partition coefficient (Wildman–Crippen LogP) is 4.71. The molecule has 376 valence electrons. The molecule has 16 nitrogen and oxygen atoms in total. The number of nitrogens with zero attached hydrogens (tertiary/aromatic N) is 4. The predicted molar refractivity (Wildman–Crippen MR) is 276 cm³/mol. The van der Waals surface area contributed by atoms with Gasteiger partial charge < -0.3 is 33.0 Å². The van der Waals surface area contributed by atoms with Crippen LogP contribution in [0.2, 0.25) is 0 Å². The minimum absolute atomic E-state index is 0. The maximum atomic E-state index is 13.6. The average Bonchev–Trinajstić information content (AvgIpc) is 3.46. The summed E-state index contributed by atoms with van der Waals surface area (Å²) in [6.45, 7) is 0.420. The summed E-state index contributed by atoms with van der Waals surface area (Å²) >= 11 is 0. The van der Waals surface area contributed by atoms with Gasteiger partial charge in [0.1, 0.15) is 52.1 Å². The summed E-state index contributed by atoms with van der Waals surface area (Å²) in [5, 5.41) is 1.05. The van der Waals surface area contributed by atoms with Crippen LogP contribution in [0.1, 0.15) is 11.1 Å². The van der Waals surface area contributed by atoms with Crippen LogP contribution in [0.4, 0.5) is 0 Å². The van der Waals surface area contributed by atoms with Crippen molar-refractivity contribution in [3.63, 3.8) is 0 Å². The van der Waals surface area contributed by atoms with Crippen LogP contribution >= 0.6 is 0 Å². The standard InChI is InChI=1S/C56H41N4O12S3.2Na/c1-67-53-32-39-31-44(8-7-38(39)33-54(53)75(64,65)66)71-42-11-19-46(20-12-42)73(61)45-17-9-40(10-18-45)69-34-36-25-27-57-51(29-36)52-30-37(26-28-58-52)35-70-41-13-21-47(22-14-41)74(62,63)48-23-15-43(16-24-48)72-56-55(68-2)59-49-5-3-4-6-50(49)60-56;;/h3-7,9-33H,34-35H2,1-2H3,(H,64,65,66);;/q-1;2*+1/p-1. The van der Waals surface area contributed by atoms with Gasteiger partial charge in [-0.1, -0.05) is 18.2 Å². The number of sulfone groups is 1. The van der Waals surface area contributed by atoms with E-state index in [9.17, 15) is 25.6 Å². The number of aromatic nitrogens is 4. The van der Waals surface area contributed by atoms with Crippen LogP contribution < -0.4 is 87.5 Å². The van der Waals surface area contributed by atoms with Crippen LogP contribution in [-0.2, 0) is 44.0 Å². The van der Waals surface area contributed by atoms with E-state index in [0.717, 1.165) is 11.1 Å². The molecule has 0 bridgehead atoms. The number of methoxy groups -OCH3 is 2. The van der Waals surface area contributed by atoms with Gasteiger partial charge in [0.05, 0.1) is 62.1 Å². The second-order valence-corrected chi connectivity index (χ2v) is 21.2. The maximum absolute atomic E-state index is 13.6. The van der Waals surface area contributed by atoms with Crippen LogP contribution in [0.25, 0.3) is 33.2 Å². The van der Waals surface area contributed by atoms with E-state index in [1.54, 1.807) is 97.3 Å². The fourth-order valence-electron chi connectivity index (χ4n) is 7.70. The van der Waals surface area contributed by atoms with Gasteiger partial charge >= 0.3 is 59.1 Å². The van der Waals surface area contributed by atoms with E-state index in [2.05, 4.69) is 26.0 Å². The molecule has 0 aliphatic carbocycles. The van der Waals surface area contributed by atoms with E-state index in [0.29, 0.717) is 71.7 Å². The molecule has 0 saturated heterocycles. The van der Waals surface area contributed by atoms with Gasteiger partial charge in [0.25, 0.3) is 11.8 Å². The number of para-hydroxylation sites is 2. The molecule has 3 heterocycles. The zero-order valence-electron chi connectivity index (χ0n) is 41.6. The molecule has 1 atom stereocenters. The molecule has 10 aromatic rings. The van der Waals surface area contributed by atoms with Crippen molar-refractivity contribution in [2.75, 3.05) is 14.2 Å². The molecule has 3 aromatic heterocycles. The van der Waals surface area contributed by atoms with Gasteiger partial charge in [-0.15, -0.1) is 22.9 Å². The van der Waals surface area contributed by atoms with Crippen LogP contribution in [0.15, 0.2) is 207 Å². The Bertz CT molecular complexity index is 3990. The first-order valence-corrected chi connectivity index (χ1v) is 26.7. The van der Waals surface area contributed by atoms with Crippen molar-refractivity contribution in [1.82, 2.24) is 19.9 Å². The quantitative estimate of drug-likeness (QED) is 0.0646. The molecule has 0 N–H and O–H groups in total. The van der Waals surface area contributed by atoms with Crippen molar-refractivity contribution in [2.24, 2.45) is 0 Å². The molecule has 77 heavy (non-hydrogen) atoms. The number of fused-ring (bicyclic) bond motifs is 2. The van der Waals surface area contributed by atoms with E-state index in [-0.39, 0.29) is 99.6 Å². The first-order valence-electron chi connectivity index (χ1n) is 22.7.